The van der Waals surface area contributed by atoms with E-state index in [4.69, 9.17) is 9.97 Å². The third-order valence-electron chi connectivity index (χ3n) is 13.0. The summed E-state index contributed by atoms with van der Waals surface area (Å²) < 4.78 is 0. The lowest BCUT2D eigenvalue weighted by Gasteiger charge is -2.61. The summed E-state index contributed by atoms with van der Waals surface area (Å²) in [7, 11) is 0. The first kappa shape index (κ1) is 28.1. The summed E-state index contributed by atoms with van der Waals surface area (Å²) in [4.78, 5) is 19.2. The van der Waals surface area contributed by atoms with Crippen LogP contribution in [0.3, 0.4) is 0 Å². The van der Waals surface area contributed by atoms with Crippen molar-refractivity contribution < 1.29 is 0 Å². The fourth-order valence-corrected chi connectivity index (χ4v) is 10.2. The fourth-order valence-electron chi connectivity index (χ4n) is 10.2. The van der Waals surface area contributed by atoms with E-state index in [1.807, 2.05) is 24.5 Å². The van der Waals surface area contributed by atoms with Crippen molar-refractivity contribution in [3.05, 3.63) is 131 Å². The van der Waals surface area contributed by atoms with Gasteiger partial charge in [-0.25, -0.2) is 0 Å². The van der Waals surface area contributed by atoms with Crippen LogP contribution in [0, 0.1) is 22.7 Å². The van der Waals surface area contributed by atoms with Gasteiger partial charge in [0.05, 0.1) is 22.8 Å². The van der Waals surface area contributed by atoms with Crippen molar-refractivity contribution in [1.29, 1.82) is 0 Å². The van der Waals surface area contributed by atoms with E-state index in [0.717, 1.165) is 35.6 Å². The minimum absolute atomic E-state index is 0.295. The van der Waals surface area contributed by atoms with E-state index in [9.17, 15) is 0 Å². The second kappa shape index (κ2) is 10.2. The second-order valence-electron chi connectivity index (χ2n) is 15.6. The number of pyridine rings is 4. The van der Waals surface area contributed by atoms with Gasteiger partial charge in [0.25, 0.3) is 0 Å². The summed E-state index contributed by atoms with van der Waals surface area (Å²) >= 11 is 0. The second-order valence-corrected chi connectivity index (χ2v) is 15.6. The first-order valence-electron chi connectivity index (χ1n) is 17.2. The van der Waals surface area contributed by atoms with Gasteiger partial charge < -0.3 is 0 Å². The van der Waals surface area contributed by atoms with E-state index in [1.54, 1.807) is 0 Å². The van der Waals surface area contributed by atoms with Crippen LogP contribution in [0.15, 0.2) is 97.6 Å². The maximum Gasteiger partial charge on any atom is 0.0889 e. The molecule has 0 aliphatic heterocycles. The van der Waals surface area contributed by atoms with Gasteiger partial charge in [0.1, 0.15) is 0 Å². The number of rotatable bonds is 6. The standard InChI is InChI=1S/C42H42N4/c1-41(2)33-21-35(41)31-23-45-39(37-13-7-9-15-43-37)19-27(31)29(33)17-25-11-5-6-12-26(25)18-30-28-20-40(38-14-8-10-16-44-38)46-24-32(28)36-22-34(30)42(36,3)4/h5-16,19-20,23-24,29-30,33-36H,17-18,21-22H2,1-4H3/t29-,30?,33?,34-,35-,36+/m1/s1. The van der Waals surface area contributed by atoms with Crippen LogP contribution in [-0.2, 0) is 12.8 Å². The molecular formula is C42H42N4. The summed E-state index contributed by atoms with van der Waals surface area (Å²) in [5.41, 5.74) is 13.5. The van der Waals surface area contributed by atoms with Gasteiger partial charge in [-0.1, -0.05) is 64.1 Å². The van der Waals surface area contributed by atoms with Gasteiger partial charge in [-0.2, -0.15) is 0 Å². The molecule has 0 N–H and O–H groups in total. The quantitative estimate of drug-likeness (QED) is 0.194. The van der Waals surface area contributed by atoms with Crippen molar-refractivity contribution in [2.45, 2.75) is 77.0 Å². The summed E-state index contributed by atoms with van der Waals surface area (Å²) in [6.45, 7) is 9.95. The van der Waals surface area contributed by atoms with Crippen LogP contribution in [0.25, 0.3) is 22.8 Å². The lowest BCUT2D eigenvalue weighted by molar-refractivity contribution is -0.00721. The van der Waals surface area contributed by atoms with Gasteiger partial charge in [-0.3, -0.25) is 19.9 Å². The molecule has 11 rings (SSSR count). The Morgan fingerprint density at radius 3 is 1.35 bits per heavy atom. The van der Waals surface area contributed by atoms with Crippen molar-refractivity contribution in [2.75, 3.05) is 0 Å². The topological polar surface area (TPSA) is 51.6 Å². The molecule has 4 aromatic heterocycles. The minimum Gasteiger partial charge on any atom is -0.255 e. The predicted molar refractivity (Wildman–Crippen MR) is 184 cm³/mol. The van der Waals surface area contributed by atoms with Crippen molar-refractivity contribution in [2.24, 2.45) is 22.7 Å². The third kappa shape index (κ3) is 4.11. The van der Waals surface area contributed by atoms with Gasteiger partial charge in [0, 0.05) is 24.8 Å². The van der Waals surface area contributed by atoms with Crippen LogP contribution >= 0.6 is 0 Å². The highest BCUT2D eigenvalue weighted by molar-refractivity contribution is 5.59. The molecule has 46 heavy (non-hydrogen) atoms. The Morgan fingerprint density at radius 1 is 0.522 bits per heavy atom. The van der Waals surface area contributed by atoms with E-state index >= 15 is 0 Å². The molecule has 6 aliphatic rings. The molecule has 2 unspecified atom stereocenters. The predicted octanol–water partition coefficient (Wildman–Crippen LogP) is 9.54. The SMILES string of the molecule is CC1(C)C2C[C@@H]1c1cnc(-c3ccccn3)cc1[C@H]2Cc1ccccc1CC1c2cc(-c3ccccn3)ncc2[C@@H]2C[C@H]1C2(C)C. The maximum absolute atomic E-state index is 4.94. The Kier molecular flexibility index (Phi) is 6.20. The Balaban J connectivity index is 1.09. The van der Waals surface area contributed by atoms with Crippen molar-refractivity contribution >= 4 is 0 Å². The van der Waals surface area contributed by atoms with Gasteiger partial charge in [-0.15, -0.1) is 0 Å². The lowest BCUT2D eigenvalue weighted by Crippen LogP contribution is -2.51. The van der Waals surface area contributed by atoms with Crippen LogP contribution in [-0.4, -0.2) is 19.9 Å². The fraction of sp³-hybridized carbons (Fsp3) is 0.381. The van der Waals surface area contributed by atoms with E-state index in [1.165, 1.54) is 46.2 Å². The molecule has 0 spiro atoms. The van der Waals surface area contributed by atoms with Gasteiger partial charge in [0.2, 0.25) is 0 Å². The Hall–Kier alpha value is -4.18. The molecule has 1 aromatic carbocycles. The van der Waals surface area contributed by atoms with Crippen molar-refractivity contribution in [3.63, 3.8) is 0 Å². The molecule has 5 aromatic rings. The van der Waals surface area contributed by atoms with E-state index in [0.29, 0.717) is 46.3 Å². The third-order valence-corrected chi connectivity index (χ3v) is 13.0. The van der Waals surface area contributed by atoms with Crippen LogP contribution in [0.2, 0.25) is 0 Å². The summed E-state index contributed by atoms with van der Waals surface area (Å²) in [6.07, 6.45) is 12.8. The Bertz CT molecular complexity index is 1800. The molecular weight excluding hydrogens is 560 g/mol. The lowest BCUT2D eigenvalue weighted by atomic mass is 9.43. The highest BCUT2D eigenvalue weighted by Crippen LogP contribution is 2.68. The van der Waals surface area contributed by atoms with E-state index < -0.39 is 0 Å². The number of hydrogen-bond acceptors (Lipinski definition) is 4. The molecule has 2 saturated carbocycles. The molecule has 4 heteroatoms. The maximum atomic E-state index is 4.94. The first-order valence-corrected chi connectivity index (χ1v) is 17.2. The molecule has 4 bridgehead atoms. The largest absolute Gasteiger partial charge is 0.255 e. The minimum atomic E-state index is 0.295. The molecule has 6 atom stereocenters. The summed E-state index contributed by atoms with van der Waals surface area (Å²) in [5.74, 6) is 3.49. The van der Waals surface area contributed by atoms with E-state index in [2.05, 4.69) is 111 Å². The Labute approximate surface area is 272 Å². The van der Waals surface area contributed by atoms with Crippen LogP contribution < -0.4 is 0 Å². The molecule has 6 aliphatic carbocycles. The van der Waals surface area contributed by atoms with Crippen molar-refractivity contribution in [3.8, 4) is 22.8 Å². The monoisotopic (exact) mass is 602 g/mol. The van der Waals surface area contributed by atoms with Gasteiger partial charge in [0.15, 0.2) is 0 Å². The van der Waals surface area contributed by atoms with Crippen molar-refractivity contribution in [1.82, 2.24) is 19.9 Å². The molecule has 0 amide bonds. The zero-order valence-electron chi connectivity index (χ0n) is 27.3. The number of hydrogen-bond donors (Lipinski definition) is 0. The van der Waals surface area contributed by atoms with Crippen LogP contribution in [0.5, 0.6) is 0 Å². The average molecular weight is 603 g/mol. The van der Waals surface area contributed by atoms with Crippen LogP contribution in [0.4, 0.5) is 0 Å². The summed E-state index contributed by atoms with van der Waals surface area (Å²) in [6, 6.07) is 26.3. The number of aromatic nitrogens is 4. The smallest absolute Gasteiger partial charge is 0.0889 e. The summed E-state index contributed by atoms with van der Waals surface area (Å²) in [5, 5.41) is 0. The zero-order valence-corrected chi connectivity index (χ0v) is 27.3. The molecule has 0 radical (unpaired) electrons. The van der Waals surface area contributed by atoms with Crippen LogP contribution in [0.1, 0.15) is 97.6 Å². The van der Waals surface area contributed by atoms with Gasteiger partial charge >= 0.3 is 0 Å². The Morgan fingerprint density at radius 2 is 0.957 bits per heavy atom. The number of nitrogens with zero attached hydrogens (tertiary/aromatic N) is 4. The molecule has 0 saturated heterocycles. The van der Waals surface area contributed by atoms with E-state index in [-0.39, 0.29) is 0 Å². The molecule has 4 heterocycles. The van der Waals surface area contributed by atoms with Gasteiger partial charge in [-0.05, 0) is 142 Å². The first-order chi connectivity index (χ1) is 22.3. The highest BCUT2D eigenvalue weighted by atomic mass is 14.8. The highest BCUT2D eigenvalue weighted by Gasteiger charge is 2.58. The normalized spacial score (nSPS) is 27.5. The number of benzene rings is 1. The molecule has 4 nitrogen and oxygen atoms in total. The average Bonchev–Trinajstić information content (AvgIpc) is 3.09. The zero-order chi connectivity index (χ0) is 31.2. The molecule has 2 fully saturated rings. The molecule has 230 valence electrons.